The molecule has 0 N–H and O–H groups in total. The molecule has 0 radical (unpaired) electrons. The van der Waals surface area contributed by atoms with E-state index in [1.807, 2.05) is 25.1 Å². The minimum atomic E-state index is -0.523. The van der Waals surface area contributed by atoms with E-state index in [0.717, 1.165) is 22.2 Å². The van der Waals surface area contributed by atoms with E-state index in [2.05, 4.69) is 15.9 Å². The standard InChI is InChI=1S/C16H14BrCl2FO/c1-2-8-21-14-7-6-10(9-12(14)17)15(18)11-4-3-5-13(20)16(11)19/h3-7,9,15H,2,8H2,1H3. The Kier molecular flexibility index (Phi) is 5.91. The van der Waals surface area contributed by atoms with Crippen LogP contribution in [-0.4, -0.2) is 6.61 Å². The van der Waals surface area contributed by atoms with Crippen LogP contribution in [0.4, 0.5) is 4.39 Å². The summed E-state index contributed by atoms with van der Waals surface area (Å²) >= 11 is 15.9. The van der Waals surface area contributed by atoms with Crippen LogP contribution in [0.15, 0.2) is 40.9 Å². The van der Waals surface area contributed by atoms with Gasteiger partial charge in [0.15, 0.2) is 0 Å². The summed E-state index contributed by atoms with van der Waals surface area (Å²) in [4.78, 5) is 0. The number of benzene rings is 2. The molecule has 0 bridgehead atoms. The molecular formula is C16H14BrCl2FO. The summed E-state index contributed by atoms with van der Waals surface area (Å²) in [5, 5.41) is -0.468. The van der Waals surface area contributed by atoms with Crippen LogP contribution >= 0.6 is 39.1 Å². The number of halogens is 4. The summed E-state index contributed by atoms with van der Waals surface area (Å²) in [6.07, 6.45) is 0.936. The Balaban J connectivity index is 2.29. The largest absolute Gasteiger partial charge is 0.492 e. The van der Waals surface area contributed by atoms with Crippen molar-refractivity contribution in [1.29, 1.82) is 0 Å². The molecule has 0 aliphatic heterocycles. The van der Waals surface area contributed by atoms with Crippen molar-refractivity contribution in [1.82, 2.24) is 0 Å². The molecule has 0 aromatic heterocycles. The van der Waals surface area contributed by atoms with Crippen LogP contribution < -0.4 is 4.74 Å². The predicted molar refractivity (Wildman–Crippen MR) is 89.0 cm³/mol. The van der Waals surface area contributed by atoms with Crippen molar-refractivity contribution >= 4 is 39.1 Å². The highest BCUT2D eigenvalue weighted by Crippen LogP contribution is 2.37. The Labute approximate surface area is 142 Å². The fraction of sp³-hybridized carbons (Fsp3) is 0.250. The zero-order valence-corrected chi connectivity index (χ0v) is 14.5. The average molecular weight is 392 g/mol. The minimum absolute atomic E-state index is 0.0555. The Bertz CT molecular complexity index is 634. The molecule has 0 aliphatic rings. The van der Waals surface area contributed by atoms with Crippen LogP contribution in [0.2, 0.25) is 5.02 Å². The van der Waals surface area contributed by atoms with Crippen molar-refractivity contribution in [2.75, 3.05) is 6.61 Å². The lowest BCUT2D eigenvalue weighted by molar-refractivity contribution is 0.315. The first-order valence-corrected chi connectivity index (χ1v) is 8.15. The minimum Gasteiger partial charge on any atom is -0.492 e. The molecule has 0 fully saturated rings. The maximum atomic E-state index is 13.5. The third kappa shape index (κ3) is 3.91. The van der Waals surface area contributed by atoms with E-state index in [1.165, 1.54) is 6.07 Å². The molecule has 0 aliphatic carbocycles. The first kappa shape index (κ1) is 16.6. The number of hydrogen-bond donors (Lipinski definition) is 0. The van der Waals surface area contributed by atoms with Crippen molar-refractivity contribution in [3.8, 4) is 5.75 Å². The van der Waals surface area contributed by atoms with Gasteiger partial charge in [-0.3, -0.25) is 0 Å². The van der Waals surface area contributed by atoms with E-state index in [4.69, 9.17) is 27.9 Å². The van der Waals surface area contributed by atoms with Crippen LogP contribution in [-0.2, 0) is 0 Å². The van der Waals surface area contributed by atoms with Gasteiger partial charge in [0.1, 0.15) is 11.6 Å². The molecule has 5 heteroatoms. The molecule has 2 aromatic carbocycles. The quantitative estimate of drug-likeness (QED) is 0.539. The van der Waals surface area contributed by atoms with Gasteiger partial charge in [0.25, 0.3) is 0 Å². The molecule has 2 aromatic rings. The first-order valence-electron chi connectivity index (χ1n) is 6.54. The van der Waals surface area contributed by atoms with Gasteiger partial charge in [-0.1, -0.05) is 36.7 Å². The van der Waals surface area contributed by atoms with Crippen molar-refractivity contribution in [3.05, 3.63) is 62.8 Å². The summed E-state index contributed by atoms with van der Waals surface area (Å²) in [5.74, 6) is 0.289. The van der Waals surface area contributed by atoms with E-state index in [-0.39, 0.29) is 5.02 Å². The predicted octanol–water partition coefficient (Wildman–Crippen LogP) is 6.36. The van der Waals surface area contributed by atoms with Gasteiger partial charge in [-0.2, -0.15) is 0 Å². The van der Waals surface area contributed by atoms with Crippen molar-refractivity contribution in [2.24, 2.45) is 0 Å². The van der Waals surface area contributed by atoms with Crippen LogP contribution in [0.1, 0.15) is 29.8 Å². The fourth-order valence-corrected chi connectivity index (χ4v) is 3.02. The third-order valence-corrected chi connectivity index (χ3v) is 4.47. The Morgan fingerprint density at radius 2 is 2.05 bits per heavy atom. The second-order valence-electron chi connectivity index (χ2n) is 4.54. The topological polar surface area (TPSA) is 9.23 Å². The maximum absolute atomic E-state index is 13.5. The molecule has 2 rings (SSSR count). The zero-order valence-electron chi connectivity index (χ0n) is 11.4. The first-order chi connectivity index (χ1) is 10.0. The molecule has 1 nitrogen and oxygen atoms in total. The van der Waals surface area contributed by atoms with Gasteiger partial charge in [-0.15, -0.1) is 11.6 Å². The Morgan fingerprint density at radius 1 is 1.29 bits per heavy atom. The van der Waals surface area contributed by atoms with Crippen molar-refractivity contribution < 1.29 is 9.13 Å². The lowest BCUT2D eigenvalue weighted by Gasteiger charge is -2.14. The van der Waals surface area contributed by atoms with Gasteiger partial charge < -0.3 is 4.74 Å². The maximum Gasteiger partial charge on any atom is 0.142 e. The lowest BCUT2D eigenvalue weighted by Crippen LogP contribution is -1.99. The summed E-state index contributed by atoms with van der Waals surface area (Å²) < 4.78 is 19.9. The molecule has 0 saturated heterocycles. The van der Waals surface area contributed by atoms with E-state index < -0.39 is 11.2 Å². The SMILES string of the molecule is CCCOc1ccc(C(Cl)c2cccc(F)c2Cl)cc1Br. The average Bonchev–Trinajstić information content (AvgIpc) is 2.48. The van der Waals surface area contributed by atoms with Gasteiger partial charge in [0.05, 0.1) is 21.5 Å². The summed E-state index contributed by atoms with van der Waals surface area (Å²) in [7, 11) is 0. The van der Waals surface area contributed by atoms with Crippen LogP contribution in [0.3, 0.4) is 0 Å². The summed E-state index contributed by atoms with van der Waals surface area (Å²) in [6.45, 7) is 2.70. The highest BCUT2D eigenvalue weighted by molar-refractivity contribution is 9.10. The normalized spacial score (nSPS) is 12.2. The smallest absolute Gasteiger partial charge is 0.142 e. The van der Waals surface area contributed by atoms with E-state index in [1.54, 1.807) is 12.1 Å². The van der Waals surface area contributed by atoms with E-state index in [0.29, 0.717) is 12.2 Å². The molecule has 1 unspecified atom stereocenters. The van der Waals surface area contributed by atoms with Gasteiger partial charge in [-0.25, -0.2) is 4.39 Å². The van der Waals surface area contributed by atoms with Crippen LogP contribution in [0, 0.1) is 5.82 Å². The molecule has 0 saturated carbocycles. The van der Waals surface area contributed by atoms with E-state index >= 15 is 0 Å². The fourth-order valence-electron chi connectivity index (χ4n) is 1.90. The Hall–Kier alpha value is -0.770. The highest BCUT2D eigenvalue weighted by atomic mass is 79.9. The number of alkyl halides is 1. The molecule has 112 valence electrons. The van der Waals surface area contributed by atoms with E-state index in [9.17, 15) is 4.39 Å². The summed E-state index contributed by atoms with van der Waals surface area (Å²) in [5.41, 5.74) is 1.37. The van der Waals surface area contributed by atoms with Crippen LogP contribution in [0.5, 0.6) is 5.75 Å². The van der Waals surface area contributed by atoms with Gasteiger partial charge in [-0.05, 0) is 51.7 Å². The molecule has 21 heavy (non-hydrogen) atoms. The van der Waals surface area contributed by atoms with Crippen LogP contribution in [0.25, 0.3) is 0 Å². The van der Waals surface area contributed by atoms with Gasteiger partial charge in [0, 0.05) is 0 Å². The van der Waals surface area contributed by atoms with Crippen molar-refractivity contribution in [3.63, 3.8) is 0 Å². The lowest BCUT2D eigenvalue weighted by atomic mass is 10.0. The second kappa shape index (κ2) is 7.48. The molecule has 0 spiro atoms. The number of rotatable bonds is 5. The van der Waals surface area contributed by atoms with Gasteiger partial charge in [0.2, 0.25) is 0 Å². The molecular weight excluding hydrogens is 378 g/mol. The molecule has 0 heterocycles. The summed E-state index contributed by atoms with van der Waals surface area (Å²) in [6, 6.07) is 10.2. The number of hydrogen-bond acceptors (Lipinski definition) is 1. The second-order valence-corrected chi connectivity index (χ2v) is 6.21. The Morgan fingerprint density at radius 3 is 2.71 bits per heavy atom. The van der Waals surface area contributed by atoms with Crippen molar-refractivity contribution in [2.45, 2.75) is 18.7 Å². The molecule has 0 amide bonds. The number of ether oxygens (including phenoxy) is 1. The van der Waals surface area contributed by atoms with Gasteiger partial charge >= 0.3 is 0 Å². The zero-order chi connectivity index (χ0) is 15.4. The third-order valence-electron chi connectivity index (χ3n) is 2.96. The highest BCUT2D eigenvalue weighted by Gasteiger charge is 2.17. The monoisotopic (exact) mass is 390 g/mol. The molecule has 1 atom stereocenters.